The SMILES string of the molecule is C=CCS[C@@]1(Br)N=C(c2ccc(OC)cc2)C[C@H](c2ccco2)N1. The Labute approximate surface area is 154 Å². The normalized spacial score (nSPS) is 23.6. The molecule has 2 atom stereocenters. The standard InChI is InChI=1S/C18H19BrN2O2S/c1-3-11-24-18(19)20-15(13-6-8-14(22-2)9-7-13)12-16(21-18)17-5-4-10-23-17/h3-10,16,21H,1,11-12H2,2H3/t16-,18+/m1/s1. The van der Waals surface area contributed by atoms with Crippen LogP contribution in [0.5, 0.6) is 5.75 Å². The molecular formula is C18H19BrN2O2S. The van der Waals surface area contributed by atoms with Gasteiger partial charge in [-0.25, -0.2) is 4.99 Å². The van der Waals surface area contributed by atoms with E-state index in [1.165, 1.54) is 0 Å². The van der Waals surface area contributed by atoms with Gasteiger partial charge < -0.3 is 9.15 Å². The van der Waals surface area contributed by atoms with Crippen molar-refractivity contribution in [1.82, 2.24) is 5.32 Å². The molecule has 0 spiro atoms. The number of benzene rings is 1. The fraction of sp³-hybridized carbons (Fsp3) is 0.278. The van der Waals surface area contributed by atoms with Crippen LogP contribution in [-0.2, 0) is 0 Å². The third-order valence-electron chi connectivity index (χ3n) is 3.73. The number of alkyl halides is 1. The van der Waals surface area contributed by atoms with Gasteiger partial charge in [0.1, 0.15) is 11.5 Å². The zero-order chi connectivity index (χ0) is 17.0. The number of furan rings is 1. The number of methoxy groups -OCH3 is 1. The lowest BCUT2D eigenvalue weighted by Crippen LogP contribution is -2.43. The van der Waals surface area contributed by atoms with Crippen LogP contribution in [0, 0.1) is 0 Å². The van der Waals surface area contributed by atoms with E-state index in [1.54, 1.807) is 25.1 Å². The van der Waals surface area contributed by atoms with Crippen molar-refractivity contribution >= 4 is 33.4 Å². The summed E-state index contributed by atoms with van der Waals surface area (Å²) in [5, 5.41) is 3.52. The van der Waals surface area contributed by atoms with Crippen LogP contribution < -0.4 is 10.1 Å². The van der Waals surface area contributed by atoms with E-state index in [1.807, 2.05) is 42.5 Å². The first-order valence-corrected chi connectivity index (χ1v) is 9.39. The summed E-state index contributed by atoms with van der Waals surface area (Å²) in [7, 11) is 1.67. The number of nitrogens with one attached hydrogen (secondary N) is 1. The van der Waals surface area contributed by atoms with Crippen molar-refractivity contribution in [2.75, 3.05) is 12.9 Å². The Hall–Kier alpha value is -1.50. The number of ether oxygens (including phenoxy) is 1. The quantitative estimate of drug-likeness (QED) is 0.427. The molecule has 1 aromatic carbocycles. The molecule has 0 saturated carbocycles. The van der Waals surface area contributed by atoms with Gasteiger partial charge in [-0.2, -0.15) is 0 Å². The Morgan fingerprint density at radius 1 is 1.46 bits per heavy atom. The highest BCUT2D eigenvalue weighted by Crippen LogP contribution is 2.39. The van der Waals surface area contributed by atoms with E-state index in [4.69, 9.17) is 14.1 Å². The molecule has 24 heavy (non-hydrogen) atoms. The molecule has 0 amide bonds. The second-order valence-electron chi connectivity index (χ2n) is 5.36. The number of nitrogens with zero attached hydrogens (tertiary/aromatic N) is 1. The monoisotopic (exact) mass is 406 g/mol. The van der Waals surface area contributed by atoms with Gasteiger partial charge in [0.2, 0.25) is 3.90 Å². The zero-order valence-corrected chi connectivity index (χ0v) is 15.8. The fourth-order valence-electron chi connectivity index (χ4n) is 2.58. The first-order valence-electron chi connectivity index (χ1n) is 7.61. The van der Waals surface area contributed by atoms with Crippen molar-refractivity contribution in [3.8, 4) is 5.75 Å². The first-order chi connectivity index (χ1) is 11.6. The van der Waals surface area contributed by atoms with Crippen molar-refractivity contribution in [1.29, 1.82) is 0 Å². The van der Waals surface area contributed by atoms with E-state index < -0.39 is 3.90 Å². The van der Waals surface area contributed by atoms with Gasteiger partial charge in [-0.05, 0) is 57.9 Å². The van der Waals surface area contributed by atoms with Crippen molar-refractivity contribution in [2.45, 2.75) is 16.4 Å². The number of halogens is 1. The van der Waals surface area contributed by atoms with Gasteiger partial charge in [-0.15, -0.1) is 18.3 Å². The Balaban J connectivity index is 1.93. The largest absolute Gasteiger partial charge is 0.497 e. The molecule has 1 N–H and O–H groups in total. The average Bonchev–Trinajstić information content (AvgIpc) is 3.14. The average molecular weight is 407 g/mol. The maximum absolute atomic E-state index is 5.60. The second kappa shape index (κ2) is 7.59. The molecule has 0 bridgehead atoms. The molecule has 0 fully saturated rings. The Kier molecular flexibility index (Phi) is 5.48. The van der Waals surface area contributed by atoms with Crippen LogP contribution in [0.2, 0.25) is 0 Å². The van der Waals surface area contributed by atoms with Crippen molar-refractivity contribution < 1.29 is 9.15 Å². The van der Waals surface area contributed by atoms with Gasteiger partial charge >= 0.3 is 0 Å². The Bertz CT molecular complexity index is 715. The molecule has 0 radical (unpaired) electrons. The molecule has 0 unspecified atom stereocenters. The summed E-state index contributed by atoms with van der Waals surface area (Å²) < 4.78 is 10.2. The molecule has 6 heteroatoms. The maximum atomic E-state index is 5.60. The summed E-state index contributed by atoms with van der Waals surface area (Å²) in [6, 6.07) is 11.9. The minimum atomic E-state index is -0.605. The summed E-state index contributed by atoms with van der Waals surface area (Å²) in [6.07, 6.45) is 4.32. The van der Waals surface area contributed by atoms with E-state index in [-0.39, 0.29) is 6.04 Å². The maximum Gasteiger partial charge on any atom is 0.215 e. The van der Waals surface area contributed by atoms with Gasteiger partial charge in [0.15, 0.2) is 0 Å². The highest BCUT2D eigenvalue weighted by atomic mass is 79.9. The minimum absolute atomic E-state index is 0.0475. The van der Waals surface area contributed by atoms with Gasteiger partial charge in [0, 0.05) is 17.9 Å². The third-order valence-corrected chi connectivity index (χ3v) is 5.82. The van der Waals surface area contributed by atoms with Crippen LogP contribution in [-0.4, -0.2) is 22.5 Å². The minimum Gasteiger partial charge on any atom is -0.497 e. The molecule has 1 aliphatic heterocycles. The van der Waals surface area contributed by atoms with Gasteiger partial charge in [-0.1, -0.05) is 6.08 Å². The number of rotatable bonds is 6. The van der Waals surface area contributed by atoms with Crippen LogP contribution >= 0.6 is 27.7 Å². The van der Waals surface area contributed by atoms with Gasteiger partial charge in [0.25, 0.3) is 0 Å². The third kappa shape index (κ3) is 3.94. The molecule has 1 aliphatic rings. The number of hydrogen-bond donors (Lipinski definition) is 1. The first kappa shape index (κ1) is 17.3. The molecule has 4 nitrogen and oxygen atoms in total. The Morgan fingerprint density at radius 3 is 2.88 bits per heavy atom. The van der Waals surface area contributed by atoms with Crippen molar-refractivity contribution in [3.63, 3.8) is 0 Å². The fourth-order valence-corrected chi connectivity index (χ4v) is 4.21. The molecule has 3 rings (SSSR count). The number of hydrogen-bond acceptors (Lipinski definition) is 5. The number of aliphatic imine (C=N–C) groups is 1. The zero-order valence-electron chi connectivity index (χ0n) is 13.4. The molecule has 0 aliphatic carbocycles. The lowest BCUT2D eigenvalue weighted by molar-refractivity contribution is 0.397. The van der Waals surface area contributed by atoms with E-state index >= 15 is 0 Å². The predicted molar refractivity (Wildman–Crippen MR) is 103 cm³/mol. The van der Waals surface area contributed by atoms with Crippen molar-refractivity contribution in [2.24, 2.45) is 4.99 Å². The summed E-state index contributed by atoms with van der Waals surface area (Å²) in [4.78, 5) is 4.89. The van der Waals surface area contributed by atoms with Crippen LogP contribution in [0.1, 0.15) is 23.8 Å². The highest BCUT2D eigenvalue weighted by Gasteiger charge is 2.36. The van der Waals surface area contributed by atoms with E-state index in [2.05, 4.69) is 27.8 Å². The van der Waals surface area contributed by atoms with E-state index in [0.717, 1.165) is 35.0 Å². The molecule has 2 aromatic rings. The van der Waals surface area contributed by atoms with Crippen LogP contribution in [0.3, 0.4) is 0 Å². The predicted octanol–water partition coefficient (Wildman–Crippen LogP) is 4.74. The molecule has 126 valence electrons. The van der Waals surface area contributed by atoms with Crippen LogP contribution in [0.25, 0.3) is 0 Å². The van der Waals surface area contributed by atoms with Crippen LogP contribution in [0.15, 0.2) is 64.7 Å². The van der Waals surface area contributed by atoms with E-state index in [0.29, 0.717) is 0 Å². The van der Waals surface area contributed by atoms with Gasteiger partial charge in [-0.3, -0.25) is 5.32 Å². The van der Waals surface area contributed by atoms with Gasteiger partial charge in [0.05, 0.1) is 19.4 Å². The summed E-state index contributed by atoms with van der Waals surface area (Å²) in [5.74, 6) is 2.52. The number of thioether (sulfide) groups is 1. The summed E-state index contributed by atoms with van der Waals surface area (Å²) >= 11 is 5.38. The Morgan fingerprint density at radius 2 is 2.25 bits per heavy atom. The smallest absolute Gasteiger partial charge is 0.215 e. The second-order valence-corrected chi connectivity index (χ2v) is 8.25. The summed E-state index contributed by atoms with van der Waals surface area (Å²) in [6.45, 7) is 3.79. The van der Waals surface area contributed by atoms with Crippen LogP contribution in [0.4, 0.5) is 0 Å². The van der Waals surface area contributed by atoms with E-state index in [9.17, 15) is 0 Å². The molecule has 2 heterocycles. The topological polar surface area (TPSA) is 46.8 Å². The molecule has 1 aromatic heterocycles. The lowest BCUT2D eigenvalue weighted by atomic mass is 10.00. The molecule has 0 saturated heterocycles. The van der Waals surface area contributed by atoms with Crippen molar-refractivity contribution in [3.05, 3.63) is 66.6 Å². The highest BCUT2D eigenvalue weighted by molar-refractivity contribution is 9.11. The summed E-state index contributed by atoms with van der Waals surface area (Å²) in [5.41, 5.74) is 2.10. The molecular weight excluding hydrogens is 388 g/mol. The lowest BCUT2D eigenvalue weighted by Gasteiger charge is -2.34.